The summed E-state index contributed by atoms with van der Waals surface area (Å²) in [6, 6.07) is 10.5. The monoisotopic (exact) mass is 343 g/mol. The maximum absolute atomic E-state index is 6.10. The van der Waals surface area contributed by atoms with Gasteiger partial charge in [0, 0.05) is 26.8 Å². The van der Waals surface area contributed by atoms with E-state index in [1.54, 1.807) is 11.3 Å². The molecule has 0 radical (unpaired) electrons. The lowest BCUT2D eigenvalue weighted by Crippen LogP contribution is -2.23. The van der Waals surface area contributed by atoms with Gasteiger partial charge in [0.25, 0.3) is 0 Å². The van der Waals surface area contributed by atoms with Crippen LogP contribution in [0.4, 0.5) is 0 Å². The minimum atomic E-state index is 0.293. The van der Waals surface area contributed by atoms with Crippen LogP contribution in [0.15, 0.2) is 40.2 Å². The van der Waals surface area contributed by atoms with E-state index in [1.807, 2.05) is 18.2 Å². The first-order valence-corrected chi connectivity index (χ1v) is 7.96. The molecule has 1 N–H and O–H groups in total. The van der Waals surface area contributed by atoms with E-state index in [2.05, 4.69) is 45.7 Å². The van der Waals surface area contributed by atoms with Gasteiger partial charge in [0.05, 0.1) is 0 Å². The van der Waals surface area contributed by atoms with Crippen molar-refractivity contribution in [1.29, 1.82) is 0 Å². The maximum atomic E-state index is 6.10. The summed E-state index contributed by atoms with van der Waals surface area (Å²) < 4.78 is 1.11. The van der Waals surface area contributed by atoms with Gasteiger partial charge in [-0.15, -0.1) is 11.3 Å². The molecule has 0 spiro atoms. The molecule has 0 aliphatic heterocycles. The van der Waals surface area contributed by atoms with Gasteiger partial charge in [0.1, 0.15) is 0 Å². The first-order chi connectivity index (χ1) is 8.70. The molecule has 96 valence electrons. The highest BCUT2D eigenvalue weighted by Gasteiger charge is 2.15. The highest BCUT2D eigenvalue weighted by atomic mass is 79.9. The first kappa shape index (κ1) is 14.1. The van der Waals surface area contributed by atoms with Crippen LogP contribution in [-0.4, -0.2) is 6.54 Å². The molecule has 0 aliphatic carbocycles. The minimum absolute atomic E-state index is 0.293. The second-order valence-electron chi connectivity index (χ2n) is 4.06. The van der Waals surface area contributed by atoms with Crippen molar-refractivity contribution in [2.24, 2.45) is 0 Å². The molecule has 1 heterocycles. The van der Waals surface area contributed by atoms with E-state index in [0.717, 1.165) is 22.5 Å². The summed E-state index contributed by atoms with van der Waals surface area (Å²) in [7, 11) is 0. The molecular formula is C14H15BrClNS. The van der Waals surface area contributed by atoms with E-state index in [0.29, 0.717) is 6.04 Å². The van der Waals surface area contributed by atoms with Gasteiger partial charge in [-0.05, 0) is 41.8 Å². The average molecular weight is 345 g/mol. The van der Waals surface area contributed by atoms with Crippen molar-refractivity contribution in [1.82, 2.24) is 5.32 Å². The predicted octanol–water partition coefficient (Wildman–Crippen LogP) is 5.06. The Morgan fingerprint density at radius 1 is 1.39 bits per heavy atom. The Morgan fingerprint density at radius 3 is 2.89 bits per heavy atom. The summed E-state index contributed by atoms with van der Waals surface area (Å²) in [4.78, 5) is 1.38. The first-order valence-electron chi connectivity index (χ1n) is 5.91. The van der Waals surface area contributed by atoms with Crippen molar-refractivity contribution in [3.05, 3.63) is 55.6 Å². The number of likely N-dealkylation sites (N-methyl/N-ethyl adjacent to an activating group) is 1. The topological polar surface area (TPSA) is 12.0 Å². The molecule has 0 saturated carbocycles. The van der Waals surface area contributed by atoms with Crippen molar-refractivity contribution in [2.75, 3.05) is 6.54 Å². The molecule has 2 rings (SSSR count). The normalized spacial score (nSPS) is 12.6. The summed E-state index contributed by atoms with van der Waals surface area (Å²) in [5, 5.41) is 6.42. The molecule has 0 aliphatic rings. The van der Waals surface area contributed by atoms with Crippen molar-refractivity contribution in [3.63, 3.8) is 0 Å². The molecule has 0 bridgehead atoms. The largest absolute Gasteiger partial charge is 0.310 e. The van der Waals surface area contributed by atoms with Gasteiger partial charge in [0.2, 0.25) is 0 Å². The quantitative estimate of drug-likeness (QED) is 0.799. The third-order valence-electron chi connectivity index (χ3n) is 2.77. The van der Waals surface area contributed by atoms with Crippen LogP contribution in [0.25, 0.3) is 0 Å². The molecule has 0 amide bonds. The Balaban J connectivity index is 2.26. The average Bonchev–Trinajstić information content (AvgIpc) is 2.85. The molecular weight excluding hydrogens is 330 g/mol. The Kier molecular flexibility index (Phi) is 5.25. The summed E-state index contributed by atoms with van der Waals surface area (Å²) in [6.45, 7) is 3.06. The van der Waals surface area contributed by atoms with Crippen LogP contribution < -0.4 is 5.32 Å². The van der Waals surface area contributed by atoms with Gasteiger partial charge in [-0.1, -0.05) is 40.5 Å². The van der Waals surface area contributed by atoms with Crippen molar-refractivity contribution in [3.8, 4) is 0 Å². The van der Waals surface area contributed by atoms with Crippen LogP contribution in [0.1, 0.15) is 23.4 Å². The molecule has 0 saturated heterocycles. The molecule has 4 heteroatoms. The number of halogens is 2. The Bertz CT molecular complexity index is 499. The zero-order chi connectivity index (χ0) is 13.0. The molecule has 18 heavy (non-hydrogen) atoms. The molecule has 0 fully saturated rings. The standard InChI is InChI=1S/C14H15BrClNS/c1-2-17-14(9-11-4-3-7-18-11)12-8-10(16)5-6-13(12)15/h3-8,14,17H,2,9H2,1H3. The van der Waals surface area contributed by atoms with Crippen LogP contribution in [0.2, 0.25) is 5.02 Å². The minimum Gasteiger partial charge on any atom is -0.310 e. The van der Waals surface area contributed by atoms with E-state index in [-0.39, 0.29) is 0 Å². The van der Waals surface area contributed by atoms with Crippen LogP contribution in [-0.2, 0) is 6.42 Å². The molecule has 1 unspecified atom stereocenters. The highest BCUT2D eigenvalue weighted by Crippen LogP contribution is 2.29. The molecule has 1 aromatic heterocycles. The van der Waals surface area contributed by atoms with Gasteiger partial charge in [-0.2, -0.15) is 0 Å². The van der Waals surface area contributed by atoms with Gasteiger partial charge >= 0.3 is 0 Å². The van der Waals surface area contributed by atoms with Gasteiger partial charge < -0.3 is 5.32 Å². The Labute approximate surface area is 125 Å². The van der Waals surface area contributed by atoms with Crippen molar-refractivity contribution in [2.45, 2.75) is 19.4 Å². The number of nitrogens with one attached hydrogen (secondary N) is 1. The fourth-order valence-electron chi connectivity index (χ4n) is 1.95. The number of thiophene rings is 1. The van der Waals surface area contributed by atoms with Crippen molar-refractivity contribution < 1.29 is 0 Å². The predicted molar refractivity (Wildman–Crippen MR) is 83.6 cm³/mol. The maximum Gasteiger partial charge on any atom is 0.0410 e. The SMILES string of the molecule is CCNC(Cc1cccs1)c1cc(Cl)ccc1Br. The molecule has 2 aromatic rings. The Hall–Kier alpha value is -0.350. The fraction of sp³-hybridized carbons (Fsp3) is 0.286. The number of rotatable bonds is 5. The lowest BCUT2D eigenvalue weighted by Gasteiger charge is -2.19. The molecule has 1 atom stereocenters. The highest BCUT2D eigenvalue weighted by molar-refractivity contribution is 9.10. The summed E-state index contributed by atoms with van der Waals surface area (Å²) >= 11 is 11.5. The number of hydrogen-bond acceptors (Lipinski definition) is 2. The lowest BCUT2D eigenvalue weighted by molar-refractivity contribution is 0.551. The zero-order valence-electron chi connectivity index (χ0n) is 10.1. The third kappa shape index (κ3) is 3.58. The van der Waals surface area contributed by atoms with E-state index >= 15 is 0 Å². The second-order valence-corrected chi connectivity index (χ2v) is 6.38. The lowest BCUT2D eigenvalue weighted by atomic mass is 10.0. The van der Waals surface area contributed by atoms with Crippen LogP contribution in [0.5, 0.6) is 0 Å². The third-order valence-corrected chi connectivity index (χ3v) is 4.63. The van der Waals surface area contributed by atoms with Crippen LogP contribution in [0.3, 0.4) is 0 Å². The summed E-state index contributed by atoms with van der Waals surface area (Å²) in [5.41, 5.74) is 1.22. The zero-order valence-corrected chi connectivity index (χ0v) is 13.3. The Morgan fingerprint density at radius 2 is 2.22 bits per heavy atom. The molecule has 1 nitrogen and oxygen atoms in total. The summed E-state index contributed by atoms with van der Waals surface area (Å²) in [5.74, 6) is 0. The smallest absolute Gasteiger partial charge is 0.0410 e. The second kappa shape index (κ2) is 6.71. The van der Waals surface area contributed by atoms with E-state index in [4.69, 9.17) is 11.6 Å². The molecule has 1 aromatic carbocycles. The van der Waals surface area contributed by atoms with Gasteiger partial charge in [0.15, 0.2) is 0 Å². The van der Waals surface area contributed by atoms with Crippen molar-refractivity contribution >= 4 is 38.9 Å². The van der Waals surface area contributed by atoms with Gasteiger partial charge in [-0.3, -0.25) is 0 Å². The van der Waals surface area contributed by atoms with E-state index in [9.17, 15) is 0 Å². The summed E-state index contributed by atoms with van der Waals surface area (Å²) in [6.07, 6.45) is 0.991. The van der Waals surface area contributed by atoms with Gasteiger partial charge in [-0.25, -0.2) is 0 Å². The fourth-order valence-corrected chi connectivity index (χ4v) is 3.41. The van der Waals surface area contributed by atoms with Crippen LogP contribution in [0, 0.1) is 0 Å². The van der Waals surface area contributed by atoms with E-state index in [1.165, 1.54) is 10.4 Å². The number of benzene rings is 1. The number of hydrogen-bond donors (Lipinski definition) is 1. The van der Waals surface area contributed by atoms with Crippen LogP contribution >= 0.6 is 38.9 Å². The van der Waals surface area contributed by atoms with E-state index < -0.39 is 0 Å².